The van der Waals surface area contributed by atoms with E-state index in [0.29, 0.717) is 11.7 Å². The predicted octanol–water partition coefficient (Wildman–Crippen LogP) is 3.68. The lowest BCUT2D eigenvalue weighted by molar-refractivity contribution is 0.201. The first kappa shape index (κ1) is 13.9. The number of fused-ring (bicyclic) bond motifs is 4. The van der Waals surface area contributed by atoms with Crippen LogP contribution in [0.3, 0.4) is 0 Å². The van der Waals surface area contributed by atoms with Crippen LogP contribution in [0, 0.1) is 5.92 Å². The minimum atomic E-state index is 0.0430. The van der Waals surface area contributed by atoms with Crippen molar-refractivity contribution in [3.8, 4) is 5.75 Å². The van der Waals surface area contributed by atoms with Crippen molar-refractivity contribution in [2.45, 2.75) is 70.3 Å². The maximum Gasteiger partial charge on any atom is 0.116 e. The van der Waals surface area contributed by atoms with E-state index >= 15 is 0 Å². The SMILES string of the molecule is CCc1cc(O)cc2c1CC1CCCCCC2(C)C1N. The first-order valence-electron chi connectivity index (χ1n) is 8.17. The van der Waals surface area contributed by atoms with Crippen LogP contribution < -0.4 is 5.73 Å². The van der Waals surface area contributed by atoms with E-state index in [1.807, 2.05) is 12.1 Å². The Hall–Kier alpha value is -1.02. The van der Waals surface area contributed by atoms with Crippen LogP contribution in [0.15, 0.2) is 12.1 Å². The van der Waals surface area contributed by atoms with Gasteiger partial charge in [0.1, 0.15) is 5.75 Å². The monoisotopic (exact) mass is 273 g/mol. The summed E-state index contributed by atoms with van der Waals surface area (Å²) in [6, 6.07) is 4.19. The van der Waals surface area contributed by atoms with Gasteiger partial charge in [-0.1, -0.05) is 33.1 Å². The van der Waals surface area contributed by atoms with Gasteiger partial charge >= 0.3 is 0 Å². The van der Waals surface area contributed by atoms with Gasteiger partial charge in [0.2, 0.25) is 0 Å². The third-order valence-corrected chi connectivity index (χ3v) is 5.80. The van der Waals surface area contributed by atoms with Gasteiger partial charge in [0.15, 0.2) is 0 Å². The highest BCUT2D eigenvalue weighted by Gasteiger charge is 2.44. The van der Waals surface area contributed by atoms with Crippen LogP contribution in [0.5, 0.6) is 5.75 Å². The maximum absolute atomic E-state index is 10.1. The number of phenolic OH excluding ortho intramolecular Hbond substituents is 1. The van der Waals surface area contributed by atoms with Gasteiger partial charge in [-0.15, -0.1) is 0 Å². The molecule has 0 heterocycles. The molecular formula is C18H27NO. The summed E-state index contributed by atoms with van der Waals surface area (Å²) in [6.45, 7) is 4.51. The molecule has 0 spiro atoms. The smallest absolute Gasteiger partial charge is 0.116 e. The fourth-order valence-corrected chi connectivity index (χ4v) is 4.53. The molecule has 3 atom stereocenters. The Kier molecular flexibility index (Phi) is 3.53. The van der Waals surface area contributed by atoms with Gasteiger partial charge in [-0.05, 0) is 60.4 Å². The van der Waals surface area contributed by atoms with Gasteiger partial charge < -0.3 is 10.8 Å². The Labute approximate surface area is 122 Å². The van der Waals surface area contributed by atoms with E-state index in [2.05, 4.69) is 13.8 Å². The molecule has 0 saturated heterocycles. The van der Waals surface area contributed by atoms with Crippen molar-refractivity contribution in [1.29, 1.82) is 0 Å². The topological polar surface area (TPSA) is 46.2 Å². The van der Waals surface area contributed by atoms with Crippen LogP contribution >= 0.6 is 0 Å². The van der Waals surface area contributed by atoms with E-state index in [1.54, 1.807) is 0 Å². The molecule has 0 radical (unpaired) electrons. The van der Waals surface area contributed by atoms with Crippen molar-refractivity contribution >= 4 is 0 Å². The lowest BCUT2D eigenvalue weighted by Crippen LogP contribution is -2.53. The summed E-state index contributed by atoms with van der Waals surface area (Å²) in [5.74, 6) is 1.03. The van der Waals surface area contributed by atoms with Crippen LogP contribution in [-0.4, -0.2) is 11.1 Å². The lowest BCUT2D eigenvalue weighted by atomic mass is 9.59. The number of rotatable bonds is 1. The number of nitrogens with two attached hydrogens (primary N) is 1. The molecule has 20 heavy (non-hydrogen) atoms. The molecule has 0 aromatic heterocycles. The molecule has 1 saturated carbocycles. The summed E-state index contributed by atoms with van der Waals surface area (Å²) in [7, 11) is 0. The first-order valence-corrected chi connectivity index (χ1v) is 8.17. The van der Waals surface area contributed by atoms with Crippen molar-refractivity contribution in [3.63, 3.8) is 0 Å². The molecule has 3 unspecified atom stereocenters. The maximum atomic E-state index is 10.1. The fourth-order valence-electron chi connectivity index (χ4n) is 4.53. The van der Waals surface area contributed by atoms with Crippen molar-refractivity contribution in [3.05, 3.63) is 28.8 Å². The quantitative estimate of drug-likeness (QED) is 0.820. The third kappa shape index (κ3) is 2.05. The van der Waals surface area contributed by atoms with Gasteiger partial charge in [0, 0.05) is 11.5 Å². The van der Waals surface area contributed by atoms with Gasteiger partial charge in [-0.2, -0.15) is 0 Å². The molecule has 2 bridgehead atoms. The highest BCUT2D eigenvalue weighted by atomic mass is 16.3. The minimum Gasteiger partial charge on any atom is -0.508 e. The zero-order valence-electron chi connectivity index (χ0n) is 12.8. The first-order chi connectivity index (χ1) is 9.56. The molecule has 2 aliphatic carbocycles. The van der Waals surface area contributed by atoms with Gasteiger partial charge in [0.25, 0.3) is 0 Å². The second-order valence-corrected chi connectivity index (χ2v) is 6.99. The minimum absolute atomic E-state index is 0.0430. The Morgan fingerprint density at radius 1 is 1.30 bits per heavy atom. The van der Waals surface area contributed by atoms with Crippen LogP contribution in [0.4, 0.5) is 0 Å². The highest BCUT2D eigenvalue weighted by Crippen LogP contribution is 2.47. The Morgan fingerprint density at radius 2 is 2.10 bits per heavy atom. The summed E-state index contributed by atoms with van der Waals surface area (Å²) in [6.07, 6.45) is 8.43. The number of aryl methyl sites for hydroxylation is 1. The van der Waals surface area contributed by atoms with E-state index in [0.717, 1.165) is 19.3 Å². The molecule has 2 nitrogen and oxygen atoms in total. The Balaban J connectivity index is 2.17. The normalized spacial score (nSPS) is 33.1. The molecule has 110 valence electrons. The molecule has 2 aliphatic rings. The summed E-state index contributed by atoms with van der Waals surface area (Å²) in [4.78, 5) is 0. The van der Waals surface area contributed by atoms with Crippen LogP contribution in [0.25, 0.3) is 0 Å². The summed E-state index contributed by atoms with van der Waals surface area (Å²) >= 11 is 0. The Bertz CT molecular complexity index is 510. The van der Waals surface area contributed by atoms with Crippen molar-refractivity contribution in [2.24, 2.45) is 11.7 Å². The summed E-state index contributed by atoms with van der Waals surface area (Å²) < 4.78 is 0. The van der Waals surface area contributed by atoms with Gasteiger partial charge in [0.05, 0.1) is 0 Å². The zero-order valence-corrected chi connectivity index (χ0v) is 12.8. The van der Waals surface area contributed by atoms with Crippen molar-refractivity contribution in [2.75, 3.05) is 0 Å². The Morgan fingerprint density at radius 3 is 2.85 bits per heavy atom. The van der Waals surface area contributed by atoms with Crippen LogP contribution in [0.1, 0.15) is 62.6 Å². The van der Waals surface area contributed by atoms with Gasteiger partial charge in [-0.3, -0.25) is 0 Å². The van der Waals surface area contributed by atoms with E-state index in [-0.39, 0.29) is 11.5 Å². The molecule has 0 amide bonds. The van der Waals surface area contributed by atoms with Crippen molar-refractivity contribution < 1.29 is 5.11 Å². The van der Waals surface area contributed by atoms with Crippen LogP contribution in [0.2, 0.25) is 0 Å². The molecule has 3 N–H and O–H groups in total. The second kappa shape index (κ2) is 5.07. The van der Waals surface area contributed by atoms with Crippen LogP contribution in [-0.2, 0) is 18.3 Å². The number of benzene rings is 1. The molecular weight excluding hydrogens is 246 g/mol. The largest absolute Gasteiger partial charge is 0.508 e. The molecule has 2 heteroatoms. The molecule has 0 aliphatic heterocycles. The van der Waals surface area contributed by atoms with E-state index in [4.69, 9.17) is 5.73 Å². The standard InChI is InChI=1S/C18H27NO/c1-3-12-9-14(20)11-16-15(12)10-13-7-5-4-6-8-18(16,2)17(13)19/h9,11,13,17,20H,3-8,10,19H2,1-2H3. The molecule has 3 rings (SSSR count). The summed E-state index contributed by atoms with van der Waals surface area (Å²) in [5, 5.41) is 10.1. The molecule has 1 aromatic rings. The second-order valence-electron chi connectivity index (χ2n) is 6.99. The molecule has 1 aromatic carbocycles. The average Bonchev–Trinajstić information content (AvgIpc) is 2.43. The van der Waals surface area contributed by atoms with E-state index in [9.17, 15) is 5.11 Å². The van der Waals surface area contributed by atoms with Crippen molar-refractivity contribution in [1.82, 2.24) is 0 Å². The third-order valence-electron chi connectivity index (χ3n) is 5.80. The summed E-state index contributed by atoms with van der Waals surface area (Å²) in [5.41, 5.74) is 10.8. The number of aromatic hydroxyl groups is 1. The average molecular weight is 273 g/mol. The fraction of sp³-hybridized carbons (Fsp3) is 0.667. The van der Waals surface area contributed by atoms with Gasteiger partial charge in [-0.25, -0.2) is 0 Å². The number of phenols is 1. The predicted molar refractivity (Wildman–Crippen MR) is 83.1 cm³/mol. The molecule has 1 fully saturated rings. The highest BCUT2D eigenvalue weighted by molar-refractivity contribution is 5.48. The number of hydrogen-bond donors (Lipinski definition) is 2. The zero-order chi connectivity index (χ0) is 14.3. The van der Waals surface area contributed by atoms with E-state index in [1.165, 1.54) is 42.4 Å². The number of hydrogen-bond acceptors (Lipinski definition) is 2. The lowest BCUT2D eigenvalue weighted by Gasteiger charge is -2.48. The van der Waals surface area contributed by atoms with E-state index < -0.39 is 0 Å².